The molecule has 0 radical (unpaired) electrons. The number of thiophene rings is 2. The molecule has 4 aromatic rings. The fourth-order valence-corrected chi connectivity index (χ4v) is 5.30. The Morgan fingerprint density at radius 3 is 1.34 bits per heavy atom. The van der Waals surface area contributed by atoms with Crippen molar-refractivity contribution in [3.05, 3.63) is 101 Å². The molecule has 2 heterocycles. The summed E-state index contributed by atoms with van der Waals surface area (Å²) in [5.74, 6) is 0. The van der Waals surface area contributed by atoms with E-state index in [1.807, 2.05) is 24.6 Å². The van der Waals surface area contributed by atoms with E-state index >= 15 is 0 Å². The molecule has 0 aliphatic carbocycles. The maximum Gasteiger partial charge on any atom is 0.0705 e. The molecular formula is C23H16Br2N2S2. The van der Waals surface area contributed by atoms with Gasteiger partial charge in [0.25, 0.3) is 0 Å². The molecule has 0 N–H and O–H groups in total. The van der Waals surface area contributed by atoms with Crippen molar-refractivity contribution in [2.75, 3.05) is 0 Å². The van der Waals surface area contributed by atoms with Crippen molar-refractivity contribution in [3.63, 3.8) is 0 Å². The lowest BCUT2D eigenvalue weighted by molar-refractivity contribution is 1.19. The molecule has 0 unspecified atom stereocenters. The largest absolute Gasteiger partial charge is 0.255 e. The second-order valence-electron chi connectivity index (χ2n) is 6.31. The number of hydrogen-bond donors (Lipinski definition) is 0. The number of benzene rings is 2. The van der Waals surface area contributed by atoms with Crippen LogP contribution in [-0.4, -0.2) is 12.4 Å². The summed E-state index contributed by atoms with van der Waals surface area (Å²) in [5.41, 5.74) is 4.45. The Bertz CT molecular complexity index is 1050. The molecule has 2 aromatic carbocycles. The smallest absolute Gasteiger partial charge is 0.0705 e. The standard InChI is InChI=1S/C23H16Br2N2S2/c24-22-11-9-20(28-22)14-26-18-5-1-16(2-6-18)13-17-3-7-19(8-4-17)27-15-21-10-12-23(25)29-21/h1-12,14-15H,13H2. The number of aliphatic imine (C=N–C) groups is 2. The maximum absolute atomic E-state index is 4.54. The van der Waals surface area contributed by atoms with Gasteiger partial charge in [0.1, 0.15) is 0 Å². The first kappa shape index (κ1) is 20.4. The van der Waals surface area contributed by atoms with E-state index in [9.17, 15) is 0 Å². The van der Waals surface area contributed by atoms with Crippen LogP contribution in [-0.2, 0) is 6.42 Å². The molecule has 0 saturated carbocycles. The Hall–Kier alpha value is -1.86. The summed E-state index contributed by atoms with van der Waals surface area (Å²) in [6.45, 7) is 0. The first-order chi connectivity index (χ1) is 14.1. The molecule has 29 heavy (non-hydrogen) atoms. The normalized spacial score (nSPS) is 11.7. The highest BCUT2D eigenvalue weighted by atomic mass is 79.9. The van der Waals surface area contributed by atoms with E-state index < -0.39 is 0 Å². The Morgan fingerprint density at radius 1 is 0.586 bits per heavy atom. The van der Waals surface area contributed by atoms with E-state index in [0.29, 0.717) is 0 Å². The summed E-state index contributed by atoms with van der Waals surface area (Å²) in [5, 5.41) is 0. The summed E-state index contributed by atoms with van der Waals surface area (Å²) >= 11 is 10.3. The molecule has 2 aromatic heterocycles. The van der Waals surface area contributed by atoms with Crippen molar-refractivity contribution < 1.29 is 0 Å². The summed E-state index contributed by atoms with van der Waals surface area (Å²) in [7, 11) is 0. The Kier molecular flexibility index (Phi) is 6.87. The van der Waals surface area contributed by atoms with Gasteiger partial charge in [0, 0.05) is 22.2 Å². The van der Waals surface area contributed by atoms with E-state index in [4.69, 9.17) is 0 Å². The second-order valence-corrected chi connectivity index (χ2v) is 11.3. The van der Waals surface area contributed by atoms with Gasteiger partial charge in [-0.3, -0.25) is 9.98 Å². The predicted octanol–water partition coefficient (Wildman–Crippen LogP) is 8.43. The fraction of sp³-hybridized carbons (Fsp3) is 0.0435. The van der Waals surface area contributed by atoms with Crippen LogP contribution in [0, 0.1) is 0 Å². The molecule has 0 aliphatic heterocycles. The molecule has 0 amide bonds. The molecule has 6 heteroatoms. The molecule has 4 rings (SSSR count). The number of halogens is 2. The van der Waals surface area contributed by atoms with Crippen LogP contribution in [0.1, 0.15) is 20.9 Å². The number of rotatable bonds is 6. The van der Waals surface area contributed by atoms with Crippen LogP contribution in [0.2, 0.25) is 0 Å². The predicted molar refractivity (Wildman–Crippen MR) is 134 cm³/mol. The van der Waals surface area contributed by atoms with Gasteiger partial charge in [-0.2, -0.15) is 0 Å². The molecule has 0 saturated heterocycles. The first-order valence-electron chi connectivity index (χ1n) is 8.91. The summed E-state index contributed by atoms with van der Waals surface area (Å²) in [6.07, 6.45) is 4.70. The highest BCUT2D eigenvalue weighted by Gasteiger charge is 1.99. The highest BCUT2D eigenvalue weighted by Crippen LogP contribution is 2.23. The van der Waals surface area contributed by atoms with Gasteiger partial charge in [-0.15, -0.1) is 22.7 Å². The van der Waals surface area contributed by atoms with Crippen LogP contribution in [0.3, 0.4) is 0 Å². The SMILES string of the molecule is Brc1ccc(C=Nc2ccc(Cc3ccc(N=Cc4ccc(Br)s4)cc3)cc2)s1. The Labute approximate surface area is 195 Å². The molecule has 0 bridgehead atoms. The first-order valence-corrected chi connectivity index (χ1v) is 12.1. The van der Waals surface area contributed by atoms with E-state index in [2.05, 4.69) is 103 Å². The minimum absolute atomic E-state index is 0.893. The van der Waals surface area contributed by atoms with Gasteiger partial charge < -0.3 is 0 Å². The summed E-state index contributed by atoms with van der Waals surface area (Å²) < 4.78 is 2.23. The maximum atomic E-state index is 4.54. The van der Waals surface area contributed by atoms with Crippen molar-refractivity contribution >= 4 is 78.3 Å². The van der Waals surface area contributed by atoms with Crippen molar-refractivity contribution in [1.82, 2.24) is 0 Å². The molecular weight excluding hydrogens is 528 g/mol. The van der Waals surface area contributed by atoms with Crippen LogP contribution in [0.4, 0.5) is 11.4 Å². The van der Waals surface area contributed by atoms with Crippen LogP contribution >= 0.6 is 54.5 Å². The molecule has 2 nitrogen and oxygen atoms in total. The fourth-order valence-electron chi connectivity index (χ4n) is 2.71. The van der Waals surface area contributed by atoms with Gasteiger partial charge in [-0.25, -0.2) is 0 Å². The van der Waals surface area contributed by atoms with Gasteiger partial charge >= 0.3 is 0 Å². The number of nitrogens with zero attached hydrogens (tertiary/aromatic N) is 2. The van der Waals surface area contributed by atoms with Crippen molar-refractivity contribution in [1.29, 1.82) is 0 Å². The molecule has 0 atom stereocenters. The van der Waals surface area contributed by atoms with Gasteiger partial charge in [0.05, 0.1) is 18.9 Å². The van der Waals surface area contributed by atoms with Crippen LogP contribution in [0.5, 0.6) is 0 Å². The molecule has 0 aliphatic rings. The Morgan fingerprint density at radius 2 is 1.00 bits per heavy atom. The molecule has 0 fully saturated rings. The van der Waals surface area contributed by atoms with Crippen molar-refractivity contribution in [2.45, 2.75) is 6.42 Å². The average Bonchev–Trinajstić information content (AvgIpc) is 3.35. The Balaban J connectivity index is 1.36. The highest BCUT2D eigenvalue weighted by molar-refractivity contribution is 9.11. The van der Waals surface area contributed by atoms with E-state index in [1.54, 1.807) is 22.7 Å². The van der Waals surface area contributed by atoms with Gasteiger partial charge in [-0.05, 0) is 97.9 Å². The average molecular weight is 544 g/mol. The second kappa shape index (κ2) is 9.76. The summed E-state index contributed by atoms with van der Waals surface area (Å²) in [6, 6.07) is 25.0. The van der Waals surface area contributed by atoms with Gasteiger partial charge in [-0.1, -0.05) is 24.3 Å². The third-order valence-corrected chi connectivity index (χ3v) is 7.27. The van der Waals surface area contributed by atoms with Gasteiger partial charge in [0.15, 0.2) is 0 Å². The third-order valence-electron chi connectivity index (χ3n) is 4.15. The lowest BCUT2D eigenvalue weighted by atomic mass is 10.0. The minimum atomic E-state index is 0.893. The topological polar surface area (TPSA) is 24.7 Å². The zero-order valence-electron chi connectivity index (χ0n) is 15.3. The van der Waals surface area contributed by atoms with Crippen LogP contribution < -0.4 is 0 Å². The third kappa shape index (κ3) is 6.06. The minimum Gasteiger partial charge on any atom is -0.255 e. The quantitative estimate of drug-likeness (QED) is 0.218. The van der Waals surface area contributed by atoms with Crippen molar-refractivity contribution in [2.24, 2.45) is 9.98 Å². The van der Waals surface area contributed by atoms with Crippen LogP contribution in [0.15, 0.2) is 90.4 Å². The van der Waals surface area contributed by atoms with E-state index in [0.717, 1.165) is 35.1 Å². The monoisotopic (exact) mass is 542 g/mol. The van der Waals surface area contributed by atoms with E-state index in [-0.39, 0.29) is 0 Å². The van der Waals surface area contributed by atoms with Gasteiger partial charge in [0.2, 0.25) is 0 Å². The number of hydrogen-bond acceptors (Lipinski definition) is 4. The van der Waals surface area contributed by atoms with Crippen LogP contribution in [0.25, 0.3) is 0 Å². The summed E-state index contributed by atoms with van der Waals surface area (Å²) in [4.78, 5) is 11.4. The van der Waals surface area contributed by atoms with Crippen molar-refractivity contribution in [3.8, 4) is 0 Å². The molecule has 0 spiro atoms. The van der Waals surface area contributed by atoms with E-state index in [1.165, 1.54) is 11.1 Å². The zero-order chi connectivity index (χ0) is 20.1. The molecule has 144 valence electrons. The zero-order valence-corrected chi connectivity index (χ0v) is 20.1. The lowest BCUT2D eigenvalue weighted by Gasteiger charge is -2.03. The lowest BCUT2D eigenvalue weighted by Crippen LogP contribution is -1.87.